The van der Waals surface area contributed by atoms with Crippen LogP contribution in [-0.2, 0) is 0 Å². The van der Waals surface area contributed by atoms with E-state index in [1.165, 1.54) is 0 Å². The van der Waals surface area contributed by atoms with E-state index in [1.54, 1.807) is 0 Å². The van der Waals surface area contributed by atoms with Crippen LogP contribution in [0.15, 0.2) is 24.3 Å². The third-order valence-electron chi connectivity index (χ3n) is 3.22. The average molecular weight is 246 g/mol. The van der Waals surface area contributed by atoms with Crippen LogP contribution in [0.3, 0.4) is 0 Å². The van der Waals surface area contributed by atoms with Gasteiger partial charge in [-0.3, -0.25) is 4.90 Å². The number of piperazine rings is 1. The number of H-pyrrole nitrogens is 1. The number of para-hydroxylation sites is 2. The lowest BCUT2D eigenvalue weighted by molar-refractivity contribution is 0.185. The van der Waals surface area contributed by atoms with Crippen LogP contribution in [0.5, 0.6) is 6.01 Å². The zero-order valence-electron chi connectivity index (χ0n) is 10.4. The average Bonchev–Trinajstić information content (AvgIpc) is 2.82. The Morgan fingerprint density at radius 1 is 1.22 bits per heavy atom. The summed E-state index contributed by atoms with van der Waals surface area (Å²) >= 11 is 0. The molecule has 1 saturated heterocycles. The molecule has 18 heavy (non-hydrogen) atoms. The quantitative estimate of drug-likeness (QED) is 0.839. The number of benzene rings is 1. The Morgan fingerprint density at radius 3 is 2.89 bits per heavy atom. The molecule has 0 unspecified atom stereocenters. The minimum absolute atomic E-state index is 0.617. The van der Waals surface area contributed by atoms with E-state index in [0.717, 1.165) is 43.8 Å². The van der Waals surface area contributed by atoms with Crippen LogP contribution in [0, 0.1) is 0 Å². The Bertz CT molecular complexity index is 471. The van der Waals surface area contributed by atoms with E-state index in [1.807, 2.05) is 24.3 Å². The van der Waals surface area contributed by atoms with Gasteiger partial charge >= 0.3 is 0 Å². The van der Waals surface area contributed by atoms with Crippen molar-refractivity contribution in [2.45, 2.75) is 0 Å². The van der Waals surface area contributed by atoms with Crippen LogP contribution >= 0.6 is 0 Å². The Balaban J connectivity index is 1.53. The molecule has 0 amide bonds. The summed E-state index contributed by atoms with van der Waals surface area (Å²) in [5.41, 5.74) is 1.98. The van der Waals surface area contributed by atoms with Gasteiger partial charge in [-0.25, -0.2) is 0 Å². The van der Waals surface area contributed by atoms with Crippen LogP contribution < -0.4 is 10.1 Å². The lowest BCUT2D eigenvalue weighted by Gasteiger charge is -2.26. The first-order valence-electron chi connectivity index (χ1n) is 6.42. The monoisotopic (exact) mass is 246 g/mol. The third kappa shape index (κ3) is 2.63. The molecule has 1 fully saturated rings. The second-order valence-corrected chi connectivity index (χ2v) is 4.50. The van der Waals surface area contributed by atoms with Crippen molar-refractivity contribution in [2.75, 3.05) is 39.3 Å². The van der Waals surface area contributed by atoms with Gasteiger partial charge in [-0.2, -0.15) is 4.98 Å². The molecule has 5 nitrogen and oxygen atoms in total. The van der Waals surface area contributed by atoms with E-state index < -0.39 is 0 Å². The predicted molar refractivity (Wildman–Crippen MR) is 70.9 cm³/mol. The van der Waals surface area contributed by atoms with Gasteiger partial charge in [0.2, 0.25) is 0 Å². The van der Waals surface area contributed by atoms with E-state index in [9.17, 15) is 0 Å². The molecule has 1 aliphatic rings. The number of ether oxygens (including phenoxy) is 1. The summed E-state index contributed by atoms with van der Waals surface area (Å²) in [4.78, 5) is 9.96. The molecule has 0 atom stereocenters. The van der Waals surface area contributed by atoms with E-state index in [4.69, 9.17) is 4.74 Å². The van der Waals surface area contributed by atoms with Crippen LogP contribution in [0.1, 0.15) is 0 Å². The normalized spacial score (nSPS) is 17.1. The molecule has 96 valence electrons. The smallest absolute Gasteiger partial charge is 0.294 e. The summed E-state index contributed by atoms with van der Waals surface area (Å²) in [6, 6.07) is 8.57. The van der Waals surface area contributed by atoms with Gasteiger partial charge in [0, 0.05) is 32.7 Å². The number of aromatic amines is 1. The van der Waals surface area contributed by atoms with Gasteiger partial charge in [-0.1, -0.05) is 12.1 Å². The van der Waals surface area contributed by atoms with Gasteiger partial charge in [0.1, 0.15) is 6.61 Å². The van der Waals surface area contributed by atoms with Crippen molar-refractivity contribution in [3.8, 4) is 6.01 Å². The van der Waals surface area contributed by atoms with Crippen molar-refractivity contribution in [1.82, 2.24) is 20.2 Å². The first-order chi connectivity index (χ1) is 8.92. The Hall–Kier alpha value is -1.59. The van der Waals surface area contributed by atoms with Gasteiger partial charge in [-0.15, -0.1) is 0 Å². The van der Waals surface area contributed by atoms with E-state index in [-0.39, 0.29) is 0 Å². The highest BCUT2D eigenvalue weighted by Gasteiger charge is 2.09. The number of imidazole rings is 1. The summed E-state index contributed by atoms with van der Waals surface area (Å²) in [7, 11) is 0. The maximum absolute atomic E-state index is 5.66. The topological polar surface area (TPSA) is 53.2 Å². The lowest BCUT2D eigenvalue weighted by atomic mass is 10.3. The fourth-order valence-corrected chi connectivity index (χ4v) is 2.20. The fourth-order valence-electron chi connectivity index (χ4n) is 2.20. The second kappa shape index (κ2) is 5.37. The fraction of sp³-hybridized carbons (Fsp3) is 0.462. The van der Waals surface area contributed by atoms with Crippen molar-refractivity contribution in [3.05, 3.63) is 24.3 Å². The number of fused-ring (bicyclic) bond motifs is 1. The number of hydrogen-bond acceptors (Lipinski definition) is 4. The number of nitrogens with one attached hydrogen (secondary N) is 2. The molecule has 0 saturated carbocycles. The zero-order chi connectivity index (χ0) is 12.2. The minimum Gasteiger partial charge on any atom is -0.463 e. The molecule has 1 aromatic heterocycles. The summed E-state index contributed by atoms with van der Waals surface area (Å²) in [6.45, 7) is 5.99. The van der Waals surface area contributed by atoms with Gasteiger partial charge in [0.25, 0.3) is 6.01 Å². The SMILES string of the molecule is c1ccc2[nH]c(OCCN3CCNCC3)nc2c1. The Kier molecular flexibility index (Phi) is 3.43. The highest BCUT2D eigenvalue weighted by molar-refractivity contribution is 5.75. The first kappa shape index (κ1) is 11.5. The molecule has 3 rings (SSSR count). The van der Waals surface area contributed by atoms with Crippen molar-refractivity contribution < 1.29 is 4.74 Å². The van der Waals surface area contributed by atoms with Gasteiger partial charge < -0.3 is 15.0 Å². The third-order valence-corrected chi connectivity index (χ3v) is 3.22. The lowest BCUT2D eigenvalue weighted by Crippen LogP contribution is -2.44. The summed E-state index contributed by atoms with van der Waals surface area (Å²) in [5.74, 6) is 0. The highest BCUT2D eigenvalue weighted by Crippen LogP contribution is 2.14. The summed E-state index contributed by atoms with van der Waals surface area (Å²) in [5, 5.41) is 3.34. The maximum Gasteiger partial charge on any atom is 0.294 e. The van der Waals surface area contributed by atoms with Crippen molar-refractivity contribution in [3.63, 3.8) is 0 Å². The maximum atomic E-state index is 5.66. The second-order valence-electron chi connectivity index (χ2n) is 4.50. The number of rotatable bonds is 4. The van der Waals surface area contributed by atoms with E-state index >= 15 is 0 Å². The van der Waals surface area contributed by atoms with Crippen LogP contribution in [0.4, 0.5) is 0 Å². The molecule has 5 heteroatoms. The molecule has 0 aliphatic carbocycles. The minimum atomic E-state index is 0.617. The number of aromatic nitrogens is 2. The van der Waals surface area contributed by atoms with E-state index in [0.29, 0.717) is 12.6 Å². The Labute approximate surface area is 106 Å². The van der Waals surface area contributed by atoms with Gasteiger partial charge in [0.15, 0.2) is 0 Å². The summed E-state index contributed by atoms with van der Waals surface area (Å²) < 4.78 is 5.66. The molecule has 0 bridgehead atoms. The number of hydrogen-bond donors (Lipinski definition) is 2. The molecule has 1 aromatic carbocycles. The molecule has 0 radical (unpaired) electrons. The molecular formula is C13H18N4O. The first-order valence-corrected chi connectivity index (χ1v) is 6.42. The van der Waals surface area contributed by atoms with Gasteiger partial charge in [0.05, 0.1) is 11.0 Å². The molecule has 2 aromatic rings. The number of nitrogens with zero attached hydrogens (tertiary/aromatic N) is 2. The largest absolute Gasteiger partial charge is 0.463 e. The van der Waals surface area contributed by atoms with Crippen LogP contribution in [0.2, 0.25) is 0 Å². The summed E-state index contributed by atoms with van der Waals surface area (Å²) in [6.07, 6.45) is 0. The van der Waals surface area contributed by atoms with Crippen molar-refractivity contribution in [2.24, 2.45) is 0 Å². The van der Waals surface area contributed by atoms with Crippen molar-refractivity contribution in [1.29, 1.82) is 0 Å². The highest BCUT2D eigenvalue weighted by atomic mass is 16.5. The van der Waals surface area contributed by atoms with E-state index in [2.05, 4.69) is 20.2 Å². The molecule has 2 heterocycles. The van der Waals surface area contributed by atoms with Crippen LogP contribution in [-0.4, -0.2) is 54.2 Å². The Morgan fingerprint density at radius 2 is 2.06 bits per heavy atom. The van der Waals surface area contributed by atoms with Crippen LogP contribution in [0.25, 0.3) is 11.0 Å². The molecule has 1 aliphatic heterocycles. The predicted octanol–water partition coefficient (Wildman–Crippen LogP) is 0.847. The molecule has 0 spiro atoms. The molecular weight excluding hydrogens is 228 g/mol. The van der Waals surface area contributed by atoms with Crippen molar-refractivity contribution >= 4 is 11.0 Å². The standard InChI is InChI=1S/C13H18N4O/c1-2-4-12-11(3-1)15-13(16-12)18-10-9-17-7-5-14-6-8-17/h1-4,14H,5-10H2,(H,15,16). The zero-order valence-corrected chi connectivity index (χ0v) is 10.4. The molecule has 2 N–H and O–H groups in total. The van der Waals surface area contributed by atoms with Gasteiger partial charge in [-0.05, 0) is 12.1 Å².